The molecule has 2 N–H and O–H groups in total. The van der Waals surface area contributed by atoms with Crippen molar-refractivity contribution in [2.75, 3.05) is 12.8 Å². The number of carboxylic acids is 1. The third-order valence-electron chi connectivity index (χ3n) is 2.00. The van der Waals surface area contributed by atoms with E-state index in [9.17, 15) is 4.79 Å². The van der Waals surface area contributed by atoms with Gasteiger partial charge in [-0.15, -0.1) is 11.8 Å². The number of hydrogen-bond donors (Lipinski definition) is 2. The van der Waals surface area contributed by atoms with Crippen LogP contribution in [-0.4, -0.2) is 39.7 Å². The largest absolute Gasteiger partial charge is 0.480 e. The minimum absolute atomic E-state index is 0.464. The molecule has 1 atom stereocenters. The Bertz CT molecular complexity index is 327. The Morgan fingerprint density at radius 2 is 2.53 bits per heavy atom. The summed E-state index contributed by atoms with van der Waals surface area (Å²) in [4.78, 5) is 11.8. The van der Waals surface area contributed by atoms with Gasteiger partial charge in [0.15, 0.2) is 0 Å². The lowest BCUT2D eigenvalue weighted by molar-refractivity contribution is -0.139. The van der Waals surface area contributed by atoms with E-state index in [0.29, 0.717) is 6.42 Å². The summed E-state index contributed by atoms with van der Waals surface area (Å²) in [5, 5.41) is 15.6. The van der Waals surface area contributed by atoms with Gasteiger partial charge in [0.05, 0.1) is 6.20 Å². The van der Waals surface area contributed by atoms with Crippen LogP contribution in [0.1, 0.15) is 6.42 Å². The van der Waals surface area contributed by atoms with E-state index in [4.69, 9.17) is 5.11 Å². The molecule has 15 heavy (non-hydrogen) atoms. The number of nitrogens with one attached hydrogen (secondary N) is 1. The molecule has 0 aliphatic heterocycles. The molecule has 0 aromatic carbocycles. The van der Waals surface area contributed by atoms with E-state index in [1.807, 2.05) is 13.2 Å². The van der Waals surface area contributed by atoms with Gasteiger partial charge in [-0.1, -0.05) is 0 Å². The summed E-state index contributed by atoms with van der Waals surface area (Å²) in [6, 6.07) is -0.464. The van der Waals surface area contributed by atoms with Crippen LogP contribution in [0.4, 0.5) is 0 Å². The van der Waals surface area contributed by atoms with Crippen molar-refractivity contribution in [2.24, 2.45) is 7.05 Å². The highest BCUT2D eigenvalue weighted by Crippen LogP contribution is 2.17. The topological polar surface area (TPSA) is 67.2 Å². The SMILES string of the molecule is CNC(CCSc1cnn(C)c1)C(=O)O. The fourth-order valence-electron chi connectivity index (χ4n) is 1.16. The highest BCUT2D eigenvalue weighted by molar-refractivity contribution is 7.99. The molecule has 0 amide bonds. The van der Waals surface area contributed by atoms with Crippen LogP contribution in [0, 0.1) is 0 Å². The van der Waals surface area contributed by atoms with Crippen LogP contribution >= 0.6 is 11.8 Å². The Labute approximate surface area is 92.9 Å². The van der Waals surface area contributed by atoms with Gasteiger partial charge in [0.25, 0.3) is 0 Å². The maximum Gasteiger partial charge on any atom is 0.320 e. The molecule has 1 rings (SSSR count). The third-order valence-corrected chi connectivity index (χ3v) is 2.99. The van der Waals surface area contributed by atoms with Crippen molar-refractivity contribution >= 4 is 17.7 Å². The molecule has 0 bridgehead atoms. The van der Waals surface area contributed by atoms with Crippen molar-refractivity contribution in [3.8, 4) is 0 Å². The summed E-state index contributed by atoms with van der Waals surface area (Å²) in [6.07, 6.45) is 4.30. The van der Waals surface area contributed by atoms with Gasteiger partial charge in [0.2, 0.25) is 0 Å². The molecule has 0 fully saturated rings. The summed E-state index contributed by atoms with van der Waals surface area (Å²) in [5.41, 5.74) is 0. The molecule has 0 aliphatic carbocycles. The molecular formula is C9H15N3O2S. The van der Waals surface area contributed by atoms with E-state index in [0.717, 1.165) is 10.6 Å². The van der Waals surface area contributed by atoms with Crippen molar-refractivity contribution < 1.29 is 9.90 Å². The zero-order valence-electron chi connectivity index (χ0n) is 8.80. The third kappa shape index (κ3) is 3.93. The number of rotatable bonds is 6. The van der Waals surface area contributed by atoms with Crippen molar-refractivity contribution in [3.05, 3.63) is 12.4 Å². The summed E-state index contributed by atoms with van der Waals surface area (Å²) < 4.78 is 1.73. The summed E-state index contributed by atoms with van der Waals surface area (Å²) in [5.74, 6) is -0.0342. The summed E-state index contributed by atoms with van der Waals surface area (Å²) in [6.45, 7) is 0. The van der Waals surface area contributed by atoms with Crippen molar-refractivity contribution in [2.45, 2.75) is 17.4 Å². The van der Waals surface area contributed by atoms with Crippen LogP contribution in [0.2, 0.25) is 0 Å². The molecule has 1 unspecified atom stereocenters. The molecule has 0 saturated carbocycles. The smallest absolute Gasteiger partial charge is 0.320 e. The fourth-order valence-corrected chi connectivity index (χ4v) is 2.10. The first-order valence-corrected chi connectivity index (χ1v) is 5.63. The number of thioether (sulfide) groups is 1. The van der Waals surface area contributed by atoms with E-state index in [1.165, 1.54) is 0 Å². The lowest BCUT2D eigenvalue weighted by Gasteiger charge is -2.09. The predicted molar refractivity (Wildman–Crippen MR) is 59.0 cm³/mol. The number of aromatic nitrogens is 2. The minimum atomic E-state index is -0.802. The second-order valence-corrected chi connectivity index (χ2v) is 4.33. The molecule has 0 spiro atoms. The van der Waals surface area contributed by atoms with Crippen LogP contribution in [0.25, 0.3) is 0 Å². The first-order valence-electron chi connectivity index (χ1n) is 4.65. The number of carboxylic acid groups (broad SMARTS) is 1. The van der Waals surface area contributed by atoms with Gasteiger partial charge < -0.3 is 10.4 Å². The number of aliphatic carboxylic acids is 1. The lowest BCUT2D eigenvalue weighted by atomic mass is 10.2. The maximum atomic E-state index is 10.7. The first-order chi connectivity index (χ1) is 7.13. The van der Waals surface area contributed by atoms with Gasteiger partial charge in [-0.05, 0) is 13.5 Å². The van der Waals surface area contributed by atoms with E-state index in [2.05, 4.69) is 10.4 Å². The van der Waals surface area contributed by atoms with Gasteiger partial charge in [-0.2, -0.15) is 5.10 Å². The van der Waals surface area contributed by atoms with E-state index < -0.39 is 12.0 Å². The van der Waals surface area contributed by atoms with Crippen LogP contribution < -0.4 is 5.32 Å². The Kier molecular flexibility index (Phi) is 4.64. The van der Waals surface area contributed by atoms with E-state index >= 15 is 0 Å². The second kappa shape index (κ2) is 5.77. The Morgan fingerprint density at radius 1 is 1.80 bits per heavy atom. The quantitative estimate of drug-likeness (QED) is 0.698. The van der Waals surface area contributed by atoms with Gasteiger partial charge in [0, 0.05) is 23.9 Å². The molecule has 6 heteroatoms. The van der Waals surface area contributed by atoms with E-state index in [-0.39, 0.29) is 0 Å². The Hall–Kier alpha value is -1.01. The summed E-state index contributed by atoms with van der Waals surface area (Å²) in [7, 11) is 3.52. The highest BCUT2D eigenvalue weighted by Gasteiger charge is 2.13. The molecule has 1 heterocycles. The molecule has 1 aromatic rings. The van der Waals surface area contributed by atoms with Crippen LogP contribution in [-0.2, 0) is 11.8 Å². The highest BCUT2D eigenvalue weighted by atomic mass is 32.2. The minimum Gasteiger partial charge on any atom is -0.480 e. The lowest BCUT2D eigenvalue weighted by Crippen LogP contribution is -2.34. The molecule has 0 radical (unpaired) electrons. The molecular weight excluding hydrogens is 214 g/mol. The van der Waals surface area contributed by atoms with Crippen LogP contribution in [0.15, 0.2) is 17.3 Å². The number of hydrogen-bond acceptors (Lipinski definition) is 4. The van der Waals surface area contributed by atoms with Crippen molar-refractivity contribution in [1.82, 2.24) is 15.1 Å². The first kappa shape index (κ1) is 12.1. The number of nitrogens with zero attached hydrogens (tertiary/aromatic N) is 2. The number of carbonyl (C=O) groups is 1. The predicted octanol–water partition coefficient (Wildman–Crippen LogP) is 0.575. The van der Waals surface area contributed by atoms with Gasteiger partial charge >= 0.3 is 5.97 Å². The second-order valence-electron chi connectivity index (χ2n) is 3.17. The molecule has 5 nitrogen and oxygen atoms in total. The van der Waals surface area contributed by atoms with Crippen LogP contribution in [0.5, 0.6) is 0 Å². The zero-order chi connectivity index (χ0) is 11.3. The molecule has 84 valence electrons. The van der Waals surface area contributed by atoms with Crippen molar-refractivity contribution in [1.29, 1.82) is 0 Å². The maximum absolute atomic E-state index is 10.7. The monoisotopic (exact) mass is 229 g/mol. The average molecular weight is 229 g/mol. The zero-order valence-corrected chi connectivity index (χ0v) is 9.62. The Balaban J connectivity index is 2.29. The van der Waals surface area contributed by atoms with Gasteiger partial charge in [-0.3, -0.25) is 9.48 Å². The van der Waals surface area contributed by atoms with Gasteiger partial charge in [-0.25, -0.2) is 0 Å². The van der Waals surface area contributed by atoms with E-state index in [1.54, 1.807) is 29.7 Å². The molecule has 0 saturated heterocycles. The normalized spacial score (nSPS) is 12.7. The standard InChI is InChI=1S/C9H15N3O2S/c1-10-8(9(13)14)3-4-15-7-5-11-12(2)6-7/h5-6,8,10H,3-4H2,1-2H3,(H,13,14). The fraction of sp³-hybridized carbons (Fsp3) is 0.556. The molecule has 1 aromatic heterocycles. The summed E-state index contributed by atoms with van der Waals surface area (Å²) >= 11 is 1.62. The molecule has 0 aliphatic rings. The average Bonchev–Trinajstić information content (AvgIpc) is 2.58. The van der Waals surface area contributed by atoms with Crippen LogP contribution in [0.3, 0.4) is 0 Å². The Morgan fingerprint density at radius 3 is 3.00 bits per heavy atom. The number of likely N-dealkylation sites (N-methyl/N-ethyl adjacent to an activating group) is 1. The number of aryl methyl sites for hydroxylation is 1. The van der Waals surface area contributed by atoms with Crippen molar-refractivity contribution in [3.63, 3.8) is 0 Å². The van der Waals surface area contributed by atoms with Gasteiger partial charge in [0.1, 0.15) is 6.04 Å².